The average Bonchev–Trinajstić information content (AvgIpc) is 3.23. The van der Waals surface area contributed by atoms with Crippen LogP contribution in [0.15, 0.2) is 46.6 Å². The van der Waals surface area contributed by atoms with Crippen LogP contribution >= 0.6 is 23.6 Å². The minimum Gasteiger partial charge on any atom is -0.497 e. The molecule has 2 heterocycles. The van der Waals surface area contributed by atoms with Gasteiger partial charge in [0.1, 0.15) is 5.75 Å². The van der Waals surface area contributed by atoms with Gasteiger partial charge in [0.15, 0.2) is 5.11 Å². The Morgan fingerprint density at radius 3 is 2.83 bits per heavy atom. The van der Waals surface area contributed by atoms with E-state index >= 15 is 0 Å². The third kappa shape index (κ3) is 5.79. The van der Waals surface area contributed by atoms with Gasteiger partial charge in [0.05, 0.1) is 25.7 Å². The van der Waals surface area contributed by atoms with Crippen LogP contribution in [0.25, 0.3) is 10.9 Å². The van der Waals surface area contributed by atoms with Crippen molar-refractivity contribution in [3.8, 4) is 5.75 Å². The van der Waals surface area contributed by atoms with Gasteiger partial charge in [-0.25, -0.2) is 0 Å². The number of aromatic amines is 1. The maximum Gasteiger partial charge on any atom is 0.253 e. The molecule has 0 saturated heterocycles. The van der Waals surface area contributed by atoms with Crippen molar-refractivity contribution in [2.24, 2.45) is 0 Å². The number of nitrogens with one attached hydrogen (secondary N) is 2. The van der Waals surface area contributed by atoms with Crippen molar-refractivity contribution < 1.29 is 9.47 Å². The zero-order valence-corrected chi connectivity index (χ0v) is 18.2. The number of rotatable bonds is 9. The van der Waals surface area contributed by atoms with Crippen molar-refractivity contribution in [1.29, 1.82) is 0 Å². The Morgan fingerprint density at radius 2 is 2.10 bits per heavy atom. The van der Waals surface area contributed by atoms with Crippen LogP contribution in [0.2, 0.25) is 0 Å². The van der Waals surface area contributed by atoms with Gasteiger partial charge in [-0.2, -0.15) is 0 Å². The highest BCUT2D eigenvalue weighted by Crippen LogP contribution is 2.20. The number of fused-ring (bicyclic) bond motifs is 1. The van der Waals surface area contributed by atoms with Gasteiger partial charge >= 0.3 is 0 Å². The summed E-state index contributed by atoms with van der Waals surface area (Å²) in [6, 6.07) is 11.7. The summed E-state index contributed by atoms with van der Waals surface area (Å²) >= 11 is 7.29. The van der Waals surface area contributed by atoms with Gasteiger partial charge in [0, 0.05) is 36.8 Å². The first-order chi connectivity index (χ1) is 14.1. The van der Waals surface area contributed by atoms with Crippen LogP contribution in [0.3, 0.4) is 0 Å². The van der Waals surface area contributed by atoms with Gasteiger partial charge < -0.3 is 24.7 Å². The molecule has 0 radical (unpaired) electrons. The fourth-order valence-corrected chi connectivity index (χ4v) is 3.94. The van der Waals surface area contributed by atoms with Crippen LogP contribution in [-0.4, -0.2) is 42.4 Å². The van der Waals surface area contributed by atoms with Gasteiger partial charge in [-0.05, 0) is 53.7 Å². The van der Waals surface area contributed by atoms with E-state index in [0.29, 0.717) is 36.1 Å². The van der Waals surface area contributed by atoms with E-state index in [4.69, 9.17) is 21.7 Å². The summed E-state index contributed by atoms with van der Waals surface area (Å²) in [5, 5.41) is 6.90. The van der Waals surface area contributed by atoms with Crippen molar-refractivity contribution in [3.63, 3.8) is 0 Å². The van der Waals surface area contributed by atoms with E-state index in [1.54, 1.807) is 25.6 Å². The van der Waals surface area contributed by atoms with Crippen molar-refractivity contribution in [3.05, 3.63) is 62.6 Å². The average molecular weight is 432 g/mol. The number of aromatic nitrogens is 1. The van der Waals surface area contributed by atoms with Crippen LogP contribution in [0, 0.1) is 0 Å². The number of nitrogens with zero attached hydrogens (tertiary/aromatic N) is 1. The molecule has 0 saturated carbocycles. The molecule has 3 rings (SSSR count). The van der Waals surface area contributed by atoms with E-state index in [2.05, 4.69) is 16.4 Å². The second-order valence-electron chi connectivity index (χ2n) is 6.59. The molecule has 29 heavy (non-hydrogen) atoms. The molecule has 0 atom stereocenters. The molecule has 1 aromatic carbocycles. The maximum absolute atomic E-state index is 12.7. The number of pyridine rings is 1. The predicted octanol–water partition coefficient (Wildman–Crippen LogP) is 3.51. The standard InChI is InChI=1S/C21H25N3O3S2/c1-26-9-4-8-22-21(28)24(14-18-5-3-10-29-18)13-16-11-15-6-7-17(27-2)12-19(15)23-20(16)25/h3,5-7,10-12H,4,8-9,13-14H2,1-2H3,(H,22,28)(H,23,25). The van der Waals surface area contributed by atoms with Gasteiger partial charge in [0.2, 0.25) is 0 Å². The smallest absolute Gasteiger partial charge is 0.253 e. The molecule has 0 unspecified atom stereocenters. The van der Waals surface area contributed by atoms with Gasteiger partial charge in [0.25, 0.3) is 5.56 Å². The number of hydrogen-bond donors (Lipinski definition) is 2. The number of benzene rings is 1. The lowest BCUT2D eigenvalue weighted by Crippen LogP contribution is -2.40. The Balaban J connectivity index is 1.81. The van der Waals surface area contributed by atoms with Crippen molar-refractivity contribution >= 4 is 39.6 Å². The Labute approximate surface area is 179 Å². The topological polar surface area (TPSA) is 66.6 Å². The zero-order valence-electron chi connectivity index (χ0n) is 16.6. The lowest BCUT2D eigenvalue weighted by atomic mass is 10.1. The van der Waals surface area contributed by atoms with E-state index in [1.165, 1.54) is 4.88 Å². The van der Waals surface area contributed by atoms with E-state index in [1.807, 2.05) is 40.6 Å². The summed E-state index contributed by atoms with van der Waals surface area (Å²) < 4.78 is 10.3. The summed E-state index contributed by atoms with van der Waals surface area (Å²) in [7, 11) is 3.29. The third-order valence-electron chi connectivity index (χ3n) is 4.51. The number of hydrogen-bond acceptors (Lipinski definition) is 5. The summed E-state index contributed by atoms with van der Waals surface area (Å²) in [5.41, 5.74) is 1.30. The molecule has 0 aliphatic heterocycles. The highest BCUT2D eigenvalue weighted by molar-refractivity contribution is 7.80. The summed E-state index contributed by atoms with van der Waals surface area (Å²) in [5.74, 6) is 0.710. The molecular weight excluding hydrogens is 406 g/mol. The van der Waals surface area contributed by atoms with Gasteiger partial charge in [-0.3, -0.25) is 4.79 Å². The summed E-state index contributed by atoms with van der Waals surface area (Å²) in [4.78, 5) is 18.9. The number of thiocarbonyl (C=S) groups is 1. The van der Waals surface area contributed by atoms with Crippen molar-refractivity contribution in [1.82, 2.24) is 15.2 Å². The van der Waals surface area contributed by atoms with Crippen LogP contribution in [0.5, 0.6) is 5.75 Å². The molecule has 2 aromatic heterocycles. The molecule has 3 aromatic rings. The molecule has 154 valence electrons. The second-order valence-corrected chi connectivity index (χ2v) is 8.01. The summed E-state index contributed by atoms with van der Waals surface area (Å²) in [6.07, 6.45) is 0.863. The number of H-pyrrole nitrogens is 1. The molecule has 0 aliphatic carbocycles. The Hall–Kier alpha value is -2.42. The molecule has 0 amide bonds. The first kappa shape index (κ1) is 21.3. The number of thiophene rings is 1. The second kappa shape index (κ2) is 10.4. The molecule has 0 aliphatic rings. The minimum absolute atomic E-state index is 0.121. The number of ether oxygens (including phenoxy) is 2. The molecule has 2 N–H and O–H groups in total. The van der Waals surface area contributed by atoms with Crippen molar-refractivity contribution in [2.45, 2.75) is 19.5 Å². The predicted molar refractivity (Wildman–Crippen MR) is 122 cm³/mol. The van der Waals surface area contributed by atoms with E-state index in [0.717, 1.165) is 23.9 Å². The largest absolute Gasteiger partial charge is 0.497 e. The Bertz CT molecular complexity index is 1000. The molecular formula is C21H25N3O3S2. The first-order valence-corrected chi connectivity index (χ1v) is 10.6. The van der Waals surface area contributed by atoms with E-state index < -0.39 is 0 Å². The van der Waals surface area contributed by atoms with Crippen LogP contribution in [0.1, 0.15) is 16.9 Å². The maximum atomic E-state index is 12.7. The monoisotopic (exact) mass is 431 g/mol. The summed E-state index contributed by atoms with van der Waals surface area (Å²) in [6.45, 7) is 2.47. The molecule has 0 fully saturated rings. The molecule has 6 nitrogen and oxygen atoms in total. The lowest BCUT2D eigenvalue weighted by Gasteiger charge is -2.25. The molecule has 8 heteroatoms. The van der Waals surface area contributed by atoms with E-state index in [-0.39, 0.29) is 5.56 Å². The minimum atomic E-state index is -0.121. The van der Waals surface area contributed by atoms with Crippen LogP contribution in [0.4, 0.5) is 0 Å². The molecule has 0 spiro atoms. The SMILES string of the molecule is COCCCNC(=S)N(Cc1cccs1)Cc1cc2ccc(OC)cc2[nH]c1=O. The van der Waals surface area contributed by atoms with Crippen molar-refractivity contribution in [2.75, 3.05) is 27.4 Å². The third-order valence-corrected chi connectivity index (χ3v) is 5.77. The Morgan fingerprint density at radius 1 is 1.24 bits per heavy atom. The fraction of sp³-hybridized carbons (Fsp3) is 0.333. The van der Waals surface area contributed by atoms with E-state index in [9.17, 15) is 4.79 Å². The molecule has 0 bridgehead atoms. The highest BCUT2D eigenvalue weighted by atomic mass is 32.1. The zero-order chi connectivity index (χ0) is 20.6. The van der Waals surface area contributed by atoms with Gasteiger partial charge in [-0.1, -0.05) is 6.07 Å². The normalized spacial score (nSPS) is 10.8. The van der Waals surface area contributed by atoms with Crippen LogP contribution in [-0.2, 0) is 17.8 Å². The highest BCUT2D eigenvalue weighted by Gasteiger charge is 2.14. The fourth-order valence-electron chi connectivity index (χ4n) is 2.99. The van der Waals surface area contributed by atoms with Crippen LogP contribution < -0.4 is 15.6 Å². The lowest BCUT2D eigenvalue weighted by molar-refractivity contribution is 0.195. The van der Waals surface area contributed by atoms with Gasteiger partial charge in [-0.15, -0.1) is 11.3 Å². The first-order valence-electron chi connectivity index (χ1n) is 9.34. The Kier molecular flexibility index (Phi) is 7.62. The quantitative estimate of drug-likeness (QED) is 0.399. The number of methoxy groups -OCH3 is 2.